The van der Waals surface area contributed by atoms with E-state index in [-0.39, 0.29) is 13.2 Å². The lowest BCUT2D eigenvalue weighted by atomic mass is 10.5. The summed E-state index contributed by atoms with van der Waals surface area (Å²) >= 11 is 0. The predicted molar refractivity (Wildman–Crippen MR) is 41.0 cm³/mol. The number of aliphatic hydroxyl groups is 2. The average Bonchev–Trinajstić information content (AvgIpc) is 2.01. The van der Waals surface area contributed by atoms with Crippen LogP contribution in [0.25, 0.3) is 0 Å². The zero-order valence-electron chi connectivity index (χ0n) is 6.84. The van der Waals surface area contributed by atoms with Gasteiger partial charge in [-0.3, -0.25) is 0 Å². The van der Waals surface area contributed by atoms with E-state index >= 15 is 0 Å². The summed E-state index contributed by atoms with van der Waals surface area (Å²) in [5.41, 5.74) is 0. The van der Waals surface area contributed by atoms with Crippen LogP contribution >= 0.6 is 0 Å². The van der Waals surface area contributed by atoms with Crippen LogP contribution in [0.15, 0.2) is 0 Å². The zero-order chi connectivity index (χ0) is 8.24. The number of hydrogen-bond acceptors (Lipinski definition) is 3. The zero-order valence-corrected chi connectivity index (χ0v) is 6.84. The van der Waals surface area contributed by atoms with Crippen molar-refractivity contribution in [2.75, 3.05) is 26.4 Å². The van der Waals surface area contributed by atoms with Crippen molar-refractivity contribution in [3.05, 3.63) is 0 Å². The third-order valence-electron chi connectivity index (χ3n) is 0.653. The van der Waals surface area contributed by atoms with Crippen LogP contribution in [0.3, 0.4) is 0 Å². The summed E-state index contributed by atoms with van der Waals surface area (Å²) in [5, 5.41) is 15.2. The van der Waals surface area contributed by atoms with Crippen molar-refractivity contribution in [1.82, 2.24) is 0 Å². The van der Waals surface area contributed by atoms with Gasteiger partial charge < -0.3 is 14.9 Å². The molecule has 0 saturated carbocycles. The monoisotopic (exact) mass is 150 g/mol. The molecule has 2 N–H and O–H groups in total. The van der Waals surface area contributed by atoms with Crippen molar-refractivity contribution in [2.45, 2.75) is 20.3 Å². The van der Waals surface area contributed by atoms with Crippen molar-refractivity contribution < 1.29 is 14.9 Å². The van der Waals surface area contributed by atoms with Crippen LogP contribution in [0.2, 0.25) is 0 Å². The molecule has 0 unspecified atom stereocenters. The summed E-state index contributed by atoms with van der Waals surface area (Å²) < 4.78 is 4.98. The number of ether oxygens (including phenoxy) is 1. The maximum atomic E-state index is 7.62. The second-order valence-corrected chi connectivity index (χ2v) is 1.64. The molecule has 0 fully saturated rings. The van der Waals surface area contributed by atoms with Crippen molar-refractivity contribution in [3.63, 3.8) is 0 Å². The van der Waals surface area contributed by atoms with Gasteiger partial charge in [0.1, 0.15) is 0 Å². The molecule has 0 bridgehead atoms. The van der Waals surface area contributed by atoms with Crippen molar-refractivity contribution in [2.24, 2.45) is 0 Å². The van der Waals surface area contributed by atoms with E-state index in [0.29, 0.717) is 0 Å². The lowest BCUT2D eigenvalue weighted by molar-refractivity contribution is 0.148. The van der Waals surface area contributed by atoms with Gasteiger partial charge in [-0.15, -0.1) is 0 Å². The van der Waals surface area contributed by atoms with E-state index in [1.54, 1.807) is 0 Å². The Balaban J connectivity index is 0. The van der Waals surface area contributed by atoms with E-state index in [2.05, 4.69) is 6.92 Å². The Labute approximate surface area is 62.6 Å². The van der Waals surface area contributed by atoms with Crippen LogP contribution in [0.4, 0.5) is 0 Å². The van der Waals surface area contributed by atoms with E-state index in [9.17, 15) is 0 Å². The molecule has 0 aliphatic carbocycles. The highest BCUT2D eigenvalue weighted by Gasteiger charge is 1.72. The lowest BCUT2D eigenvalue weighted by Crippen LogP contribution is -1.88. The quantitative estimate of drug-likeness (QED) is 0.570. The minimum Gasteiger partial charge on any atom is -0.394 e. The van der Waals surface area contributed by atoms with Gasteiger partial charge in [-0.1, -0.05) is 6.92 Å². The van der Waals surface area contributed by atoms with Crippen LogP contribution in [-0.2, 0) is 4.74 Å². The third kappa shape index (κ3) is 24.8. The first-order valence-corrected chi connectivity index (χ1v) is 3.62. The van der Waals surface area contributed by atoms with E-state index in [1.807, 2.05) is 6.92 Å². The largest absolute Gasteiger partial charge is 0.394 e. The first kappa shape index (κ1) is 12.5. The summed E-state index contributed by atoms with van der Waals surface area (Å²) in [6.45, 7) is 5.63. The summed E-state index contributed by atoms with van der Waals surface area (Å²) in [5.74, 6) is 0. The number of hydrogen-bond donors (Lipinski definition) is 2. The highest BCUT2D eigenvalue weighted by Crippen LogP contribution is 1.75. The lowest BCUT2D eigenvalue weighted by Gasteiger charge is -1.91. The molecule has 0 atom stereocenters. The first-order valence-electron chi connectivity index (χ1n) is 3.62. The molecule has 0 aromatic rings. The molecular formula is C7H18O3. The molecule has 10 heavy (non-hydrogen) atoms. The highest BCUT2D eigenvalue weighted by molar-refractivity contribution is 4.19. The maximum absolute atomic E-state index is 7.62. The Morgan fingerprint density at radius 1 is 1.10 bits per heavy atom. The second-order valence-electron chi connectivity index (χ2n) is 1.64. The molecule has 0 aliphatic heterocycles. The van der Waals surface area contributed by atoms with Gasteiger partial charge in [-0.25, -0.2) is 0 Å². The van der Waals surface area contributed by atoms with Gasteiger partial charge in [-0.2, -0.15) is 0 Å². The van der Waals surface area contributed by atoms with Gasteiger partial charge in [0.15, 0.2) is 0 Å². The van der Waals surface area contributed by atoms with Gasteiger partial charge in [0.05, 0.1) is 13.2 Å². The topological polar surface area (TPSA) is 49.7 Å². The van der Waals surface area contributed by atoms with E-state index in [4.69, 9.17) is 14.9 Å². The van der Waals surface area contributed by atoms with Gasteiger partial charge >= 0.3 is 0 Å². The van der Waals surface area contributed by atoms with Crippen molar-refractivity contribution >= 4 is 0 Å². The molecule has 0 rings (SSSR count). The molecule has 0 heterocycles. The average molecular weight is 150 g/mol. The highest BCUT2D eigenvalue weighted by atomic mass is 16.5. The third-order valence-corrected chi connectivity index (χ3v) is 0.653. The van der Waals surface area contributed by atoms with E-state index < -0.39 is 0 Å². The van der Waals surface area contributed by atoms with Gasteiger partial charge in [-0.05, 0) is 13.3 Å². The van der Waals surface area contributed by atoms with Gasteiger partial charge in [0, 0.05) is 13.2 Å². The van der Waals surface area contributed by atoms with E-state index in [1.165, 1.54) is 0 Å². The summed E-state index contributed by atoms with van der Waals surface area (Å²) in [6, 6.07) is 0. The van der Waals surface area contributed by atoms with Crippen LogP contribution in [0.1, 0.15) is 20.3 Å². The SMILES string of the molecule is CCCOCC.OCCO. The number of aliphatic hydroxyl groups excluding tert-OH is 2. The molecule has 0 amide bonds. The molecule has 0 radical (unpaired) electrons. The molecule has 0 aromatic carbocycles. The standard InChI is InChI=1S/C5H12O.C2H6O2/c1-3-5-6-4-2;3-1-2-4/h3-5H2,1-2H3;3-4H,1-2H2. The van der Waals surface area contributed by atoms with Crippen LogP contribution < -0.4 is 0 Å². The molecule has 3 heteroatoms. The Bertz CT molecular complexity index is 33.8. The Hall–Kier alpha value is -0.120. The smallest absolute Gasteiger partial charge is 0.0662 e. The Morgan fingerprint density at radius 2 is 1.60 bits per heavy atom. The maximum Gasteiger partial charge on any atom is 0.0662 e. The Morgan fingerprint density at radius 3 is 1.70 bits per heavy atom. The molecule has 0 saturated heterocycles. The molecule has 64 valence electrons. The number of rotatable bonds is 4. The molecule has 3 nitrogen and oxygen atoms in total. The van der Waals surface area contributed by atoms with Gasteiger partial charge in [0.25, 0.3) is 0 Å². The minimum absolute atomic E-state index is 0.125. The van der Waals surface area contributed by atoms with Crippen LogP contribution in [-0.4, -0.2) is 36.6 Å². The second kappa shape index (κ2) is 15.9. The fraction of sp³-hybridized carbons (Fsp3) is 1.00. The Kier molecular flexibility index (Phi) is 20.0. The summed E-state index contributed by atoms with van der Waals surface area (Å²) in [4.78, 5) is 0. The molecular weight excluding hydrogens is 132 g/mol. The van der Waals surface area contributed by atoms with Crippen molar-refractivity contribution in [3.8, 4) is 0 Å². The fourth-order valence-corrected chi connectivity index (χ4v) is 0.289. The van der Waals surface area contributed by atoms with Crippen LogP contribution in [0, 0.1) is 0 Å². The van der Waals surface area contributed by atoms with Gasteiger partial charge in [0.2, 0.25) is 0 Å². The normalized spacial score (nSPS) is 8.40. The molecule has 0 aliphatic rings. The van der Waals surface area contributed by atoms with Crippen LogP contribution in [0.5, 0.6) is 0 Å². The fourth-order valence-electron chi connectivity index (χ4n) is 0.289. The summed E-state index contributed by atoms with van der Waals surface area (Å²) in [7, 11) is 0. The van der Waals surface area contributed by atoms with E-state index in [0.717, 1.165) is 19.6 Å². The minimum atomic E-state index is -0.125. The summed E-state index contributed by atoms with van der Waals surface area (Å²) in [6.07, 6.45) is 1.13. The van der Waals surface area contributed by atoms with Crippen molar-refractivity contribution in [1.29, 1.82) is 0 Å². The predicted octanol–water partition coefficient (Wildman–Crippen LogP) is 0.404. The first-order chi connectivity index (χ1) is 4.83. The molecule has 0 spiro atoms. The molecule has 0 aromatic heterocycles.